The van der Waals surface area contributed by atoms with Crippen LogP contribution in [0.5, 0.6) is 0 Å². The normalized spacial score (nSPS) is 12.6. The third-order valence-electron chi connectivity index (χ3n) is 2.38. The highest BCUT2D eigenvalue weighted by Crippen LogP contribution is 2.26. The molecule has 0 saturated heterocycles. The third-order valence-corrected chi connectivity index (χ3v) is 2.38. The highest BCUT2D eigenvalue weighted by atomic mass is 16.4. The fraction of sp³-hybridized carbons (Fsp3) is 0.692. The van der Waals surface area contributed by atoms with Gasteiger partial charge in [-0.25, -0.2) is 4.98 Å². The zero-order valence-corrected chi connectivity index (χ0v) is 12.0. The van der Waals surface area contributed by atoms with Crippen molar-refractivity contribution in [3.05, 3.63) is 17.3 Å². The number of aromatic nitrogens is 1. The van der Waals surface area contributed by atoms with Gasteiger partial charge in [-0.1, -0.05) is 20.8 Å². The summed E-state index contributed by atoms with van der Waals surface area (Å²) in [5.74, 6) is 0.508. The van der Waals surface area contributed by atoms with Crippen LogP contribution < -0.4 is 11.1 Å². The highest BCUT2D eigenvalue weighted by molar-refractivity contribution is 5.89. The largest absolute Gasteiger partial charge is 0.437 e. The van der Waals surface area contributed by atoms with Gasteiger partial charge in [-0.2, -0.15) is 0 Å². The number of nitrogens with one attached hydrogen (secondary N) is 1. The second-order valence-electron chi connectivity index (χ2n) is 6.35. The van der Waals surface area contributed by atoms with Crippen LogP contribution in [0.2, 0.25) is 0 Å². The lowest BCUT2D eigenvalue weighted by molar-refractivity contribution is 0.0908. The first kappa shape index (κ1) is 14.7. The second-order valence-corrected chi connectivity index (χ2v) is 6.35. The molecule has 0 aromatic carbocycles. The summed E-state index contributed by atoms with van der Waals surface area (Å²) in [4.78, 5) is 16.0. The van der Waals surface area contributed by atoms with Gasteiger partial charge in [0.05, 0.1) is 5.69 Å². The molecule has 102 valence electrons. The van der Waals surface area contributed by atoms with Gasteiger partial charge in [0.25, 0.3) is 5.89 Å². The predicted octanol–water partition coefficient (Wildman–Crippen LogP) is 1.75. The average molecular weight is 253 g/mol. The Balaban J connectivity index is 2.83. The Morgan fingerprint density at radius 1 is 1.33 bits per heavy atom. The number of nitrogens with zero attached hydrogens (tertiary/aromatic N) is 1. The van der Waals surface area contributed by atoms with Crippen LogP contribution in [0.4, 0.5) is 0 Å². The van der Waals surface area contributed by atoms with Crippen molar-refractivity contribution in [2.24, 2.45) is 5.73 Å². The van der Waals surface area contributed by atoms with E-state index < -0.39 is 5.54 Å². The Kier molecular flexibility index (Phi) is 3.86. The minimum Gasteiger partial charge on any atom is -0.437 e. The van der Waals surface area contributed by atoms with Crippen LogP contribution in [0.1, 0.15) is 56.8 Å². The van der Waals surface area contributed by atoms with Crippen molar-refractivity contribution in [2.45, 2.75) is 52.5 Å². The minimum absolute atomic E-state index is 0.0988. The van der Waals surface area contributed by atoms with Crippen molar-refractivity contribution in [3.8, 4) is 0 Å². The third kappa shape index (κ3) is 3.84. The van der Waals surface area contributed by atoms with E-state index in [2.05, 4.69) is 10.3 Å². The SMILES string of the molecule is Cc1nc(C(=O)NCC(C)(C)N)oc1C(C)(C)C. The average Bonchev–Trinajstić information content (AvgIpc) is 2.55. The van der Waals surface area contributed by atoms with Crippen LogP contribution in [0.3, 0.4) is 0 Å². The molecule has 0 bridgehead atoms. The second kappa shape index (κ2) is 4.72. The Morgan fingerprint density at radius 2 is 1.89 bits per heavy atom. The molecule has 18 heavy (non-hydrogen) atoms. The monoisotopic (exact) mass is 253 g/mol. The van der Waals surface area contributed by atoms with Crippen LogP contribution in [-0.2, 0) is 5.41 Å². The summed E-state index contributed by atoms with van der Waals surface area (Å²) in [5, 5.41) is 2.71. The molecular formula is C13H23N3O2. The standard InChI is InChI=1S/C13H23N3O2/c1-8-9(12(2,3)4)18-11(16-8)10(17)15-7-13(5,6)14/h7,14H2,1-6H3,(H,15,17). The summed E-state index contributed by atoms with van der Waals surface area (Å²) in [6.45, 7) is 12.0. The van der Waals surface area contributed by atoms with E-state index in [-0.39, 0.29) is 17.2 Å². The fourth-order valence-electron chi connectivity index (χ4n) is 1.57. The lowest BCUT2D eigenvalue weighted by Gasteiger charge is -2.18. The number of hydrogen-bond donors (Lipinski definition) is 2. The molecule has 5 nitrogen and oxygen atoms in total. The van der Waals surface area contributed by atoms with E-state index in [1.807, 2.05) is 41.5 Å². The number of amides is 1. The van der Waals surface area contributed by atoms with Gasteiger partial charge in [0.15, 0.2) is 0 Å². The number of carbonyl (C=O) groups is 1. The summed E-state index contributed by atoms with van der Waals surface area (Å²) < 4.78 is 5.54. The molecule has 0 spiro atoms. The molecule has 1 amide bonds. The molecule has 0 atom stereocenters. The van der Waals surface area contributed by atoms with Crippen molar-refractivity contribution in [1.29, 1.82) is 0 Å². The Hall–Kier alpha value is -1.36. The number of nitrogens with two attached hydrogens (primary N) is 1. The quantitative estimate of drug-likeness (QED) is 0.859. The van der Waals surface area contributed by atoms with Crippen LogP contribution >= 0.6 is 0 Å². The van der Waals surface area contributed by atoms with Gasteiger partial charge in [-0.3, -0.25) is 4.79 Å². The van der Waals surface area contributed by atoms with Crippen molar-refractivity contribution < 1.29 is 9.21 Å². The molecule has 1 aromatic rings. The molecule has 0 aliphatic rings. The summed E-state index contributed by atoms with van der Waals surface area (Å²) in [6, 6.07) is 0. The molecule has 1 rings (SSSR count). The lowest BCUT2D eigenvalue weighted by Crippen LogP contribution is -2.45. The smallest absolute Gasteiger partial charge is 0.307 e. The van der Waals surface area contributed by atoms with Crippen molar-refractivity contribution >= 4 is 5.91 Å². The molecule has 3 N–H and O–H groups in total. The number of oxazole rings is 1. The number of hydrogen-bond acceptors (Lipinski definition) is 4. The summed E-state index contributed by atoms with van der Waals surface area (Å²) in [5.41, 5.74) is 5.93. The number of carbonyl (C=O) groups excluding carboxylic acids is 1. The van der Waals surface area contributed by atoms with Crippen molar-refractivity contribution in [3.63, 3.8) is 0 Å². The highest BCUT2D eigenvalue weighted by Gasteiger charge is 2.25. The number of aryl methyl sites for hydroxylation is 1. The van der Waals surface area contributed by atoms with Crippen LogP contribution in [0.15, 0.2) is 4.42 Å². The number of rotatable bonds is 3. The van der Waals surface area contributed by atoms with Gasteiger partial charge in [0, 0.05) is 17.5 Å². The Bertz CT molecular complexity index is 436. The van der Waals surface area contributed by atoms with E-state index in [1.165, 1.54) is 0 Å². The first-order valence-corrected chi connectivity index (χ1v) is 6.06. The summed E-state index contributed by atoms with van der Waals surface area (Å²) in [6.07, 6.45) is 0. The van der Waals surface area contributed by atoms with Gasteiger partial charge >= 0.3 is 5.91 Å². The predicted molar refractivity (Wildman–Crippen MR) is 70.5 cm³/mol. The maximum absolute atomic E-state index is 11.9. The summed E-state index contributed by atoms with van der Waals surface area (Å²) >= 11 is 0. The van der Waals surface area contributed by atoms with E-state index in [0.717, 1.165) is 11.5 Å². The first-order chi connectivity index (χ1) is 8.00. The van der Waals surface area contributed by atoms with Gasteiger partial charge in [-0.15, -0.1) is 0 Å². The zero-order valence-electron chi connectivity index (χ0n) is 12.0. The fourth-order valence-corrected chi connectivity index (χ4v) is 1.57. The Morgan fingerprint density at radius 3 is 2.28 bits per heavy atom. The first-order valence-electron chi connectivity index (χ1n) is 6.06. The van der Waals surface area contributed by atoms with Crippen LogP contribution in [0, 0.1) is 6.92 Å². The van der Waals surface area contributed by atoms with Gasteiger partial charge < -0.3 is 15.5 Å². The summed E-state index contributed by atoms with van der Waals surface area (Å²) in [7, 11) is 0. The van der Waals surface area contributed by atoms with Crippen LogP contribution in [-0.4, -0.2) is 23.0 Å². The molecule has 0 saturated carbocycles. The van der Waals surface area contributed by atoms with E-state index >= 15 is 0 Å². The molecule has 0 fully saturated rings. The van der Waals surface area contributed by atoms with Crippen molar-refractivity contribution in [1.82, 2.24) is 10.3 Å². The Labute approximate surface area is 108 Å². The van der Waals surface area contributed by atoms with Gasteiger partial charge in [0.1, 0.15) is 5.76 Å². The van der Waals surface area contributed by atoms with Gasteiger partial charge in [-0.05, 0) is 20.8 Å². The van der Waals surface area contributed by atoms with Crippen molar-refractivity contribution in [2.75, 3.05) is 6.54 Å². The molecule has 0 aliphatic carbocycles. The topological polar surface area (TPSA) is 81.2 Å². The molecule has 1 aromatic heterocycles. The maximum Gasteiger partial charge on any atom is 0.307 e. The molecular weight excluding hydrogens is 230 g/mol. The molecule has 5 heteroatoms. The molecule has 0 radical (unpaired) electrons. The zero-order chi connectivity index (χ0) is 14.1. The van der Waals surface area contributed by atoms with E-state index in [0.29, 0.717) is 6.54 Å². The maximum atomic E-state index is 11.9. The molecule has 0 aliphatic heterocycles. The molecule has 0 unspecified atom stereocenters. The molecule has 1 heterocycles. The van der Waals surface area contributed by atoms with E-state index in [9.17, 15) is 4.79 Å². The lowest BCUT2D eigenvalue weighted by atomic mass is 9.92. The van der Waals surface area contributed by atoms with E-state index in [1.54, 1.807) is 0 Å². The van der Waals surface area contributed by atoms with E-state index in [4.69, 9.17) is 10.2 Å². The van der Waals surface area contributed by atoms with Gasteiger partial charge in [0.2, 0.25) is 0 Å². The minimum atomic E-state index is -0.454. The van der Waals surface area contributed by atoms with Crippen LogP contribution in [0.25, 0.3) is 0 Å².